The highest BCUT2D eigenvalue weighted by molar-refractivity contribution is 6.35. The highest BCUT2D eigenvalue weighted by atomic mass is 28.2. The summed E-state index contributed by atoms with van der Waals surface area (Å²) in [6.07, 6.45) is 3.39. The monoisotopic (exact) mass is 161 g/mol. The van der Waals surface area contributed by atoms with Crippen LogP contribution in [0.2, 0.25) is 6.04 Å². The lowest BCUT2D eigenvalue weighted by atomic mass is 10.5. The molecule has 0 bridgehead atoms. The predicted octanol–water partition coefficient (Wildman–Crippen LogP) is 0.306. The molecule has 0 aromatic rings. The largest absolute Gasteiger partial charge is 0.385 e. The highest BCUT2D eigenvalue weighted by Crippen LogP contribution is 1.86. The molecule has 0 saturated heterocycles. The van der Waals surface area contributed by atoms with E-state index in [0.717, 1.165) is 25.8 Å². The molecule has 0 spiro atoms. The maximum atomic E-state index is 5.35. The molecule has 0 aromatic carbocycles. The molecule has 0 aliphatic heterocycles. The van der Waals surface area contributed by atoms with Crippen molar-refractivity contribution in [2.24, 2.45) is 5.73 Å². The number of ether oxygens (including phenoxy) is 1. The first-order chi connectivity index (χ1) is 4.91. The van der Waals surface area contributed by atoms with Crippen LogP contribution in [0.3, 0.4) is 0 Å². The molecule has 0 atom stereocenters. The second-order valence-corrected chi connectivity index (χ2v) is 4.28. The van der Waals surface area contributed by atoms with Gasteiger partial charge in [-0.25, -0.2) is 0 Å². The van der Waals surface area contributed by atoms with E-state index in [1.807, 2.05) is 0 Å². The molecule has 0 aliphatic carbocycles. The second kappa shape index (κ2) is 9.14. The lowest BCUT2D eigenvalue weighted by Gasteiger charge is -1.99. The van der Waals surface area contributed by atoms with Crippen molar-refractivity contribution in [1.29, 1.82) is 0 Å². The molecule has 0 amide bonds. The summed E-state index contributed by atoms with van der Waals surface area (Å²) in [5, 5.41) is 0. The van der Waals surface area contributed by atoms with Crippen LogP contribution in [0, 0.1) is 0 Å². The van der Waals surface area contributed by atoms with Crippen LogP contribution in [-0.2, 0) is 4.74 Å². The molecular weight excluding hydrogens is 142 g/mol. The number of hydrogen-bond acceptors (Lipinski definition) is 2. The van der Waals surface area contributed by atoms with Crippen molar-refractivity contribution < 1.29 is 4.74 Å². The van der Waals surface area contributed by atoms with Gasteiger partial charge in [-0.15, -0.1) is 0 Å². The normalized spacial score (nSPS) is 11.4. The molecule has 2 nitrogen and oxygen atoms in total. The summed E-state index contributed by atoms with van der Waals surface area (Å²) < 4.78 is 5.35. The van der Waals surface area contributed by atoms with Gasteiger partial charge in [0.05, 0.1) is 9.52 Å². The molecule has 0 saturated carbocycles. The fourth-order valence-electron chi connectivity index (χ4n) is 0.772. The van der Waals surface area contributed by atoms with Gasteiger partial charge < -0.3 is 10.5 Å². The first-order valence-electron chi connectivity index (χ1n) is 4.19. The summed E-state index contributed by atoms with van der Waals surface area (Å²) in [5.41, 5.74) is 5.35. The zero-order valence-electron chi connectivity index (χ0n) is 6.94. The molecule has 2 N–H and O–H groups in total. The van der Waals surface area contributed by atoms with Crippen molar-refractivity contribution in [1.82, 2.24) is 0 Å². The fraction of sp³-hybridized carbons (Fsp3) is 1.00. The van der Waals surface area contributed by atoms with Crippen LogP contribution in [0.5, 0.6) is 0 Å². The highest BCUT2D eigenvalue weighted by Gasteiger charge is 1.88. The maximum absolute atomic E-state index is 5.35. The van der Waals surface area contributed by atoms with Gasteiger partial charge in [-0.3, -0.25) is 0 Å². The first-order valence-corrected chi connectivity index (χ1v) is 6.19. The third-order valence-corrected chi connectivity index (χ3v) is 2.92. The van der Waals surface area contributed by atoms with E-state index >= 15 is 0 Å². The Bertz CT molecular complexity index is 53.6. The summed E-state index contributed by atoms with van der Waals surface area (Å²) in [5.74, 6) is 0. The minimum absolute atomic E-state index is 0.0778. The standard InChI is InChI=1S/C7H19NOSi/c1-2-5-9-7-10-6-3-4-8/h2-8,10H2,1H3. The van der Waals surface area contributed by atoms with Gasteiger partial charge in [0.25, 0.3) is 0 Å². The van der Waals surface area contributed by atoms with Crippen LogP contribution < -0.4 is 5.73 Å². The minimum atomic E-state index is 0.0778. The predicted molar refractivity (Wildman–Crippen MR) is 48.1 cm³/mol. The van der Waals surface area contributed by atoms with Crippen molar-refractivity contribution in [2.45, 2.75) is 25.8 Å². The van der Waals surface area contributed by atoms with Crippen molar-refractivity contribution in [3.63, 3.8) is 0 Å². The van der Waals surface area contributed by atoms with Crippen molar-refractivity contribution in [3.8, 4) is 0 Å². The Hall–Kier alpha value is 0.137. The van der Waals surface area contributed by atoms with E-state index in [1.165, 1.54) is 12.5 Å². The molecule has 3 heteroatoms. The maximum Gasteiger partial charge on any atom is 0.0516 e. The lowest BCUT2D eigenvalue weighted by Crippen LogP contribution is -2.06. The van der Waals surface area contributed by atoms with E-state index in [-0.39, 0.29) is 9.52 Å². The molecule has 0 heterocycles. The molecule has 0 fully saturated rings. The van der Waals surface area contributed by atoms with E-state index in [1.54, 1.807) is 0 Å². The third-order valence-electron chi connectivity index (χ3n) is 1.34. The van der Waals surface area contributed by atoms with E-state index in [0.29, 0.717) is 0 Å². The van der Waals surface area contributed by atoms with Crippen LogP contribution in [0.15, 0.2) is 0 Å². The van der Waals surface area contributed by atoms with Crippen molar-refractivity contribution in [3.05, 3.63) is 0 Å². The molecule has 0 rings (SSSR count). The molecule has 0 aliphatic rings. The number of rotatable bonds is 7. The molecule has 10 heavy (non-hydrogen) atoms. The summed E-state index contributed by atoms with van der Waals surface area (Å²) in [6, 6.07) is 1.35. The zero-order valence-corrected chi connectivity index (χ0v) is 8.35. The van der Waals surface area contributed by atoms with Gasteiger partial charge in [-0.05, 0) is 19.4 Å². The second-order valence-electron chi connectivity index (χ2n) is 2.46. The van der Waals surface area contributed by atoms with Gasteiger partial charge in [0.1, 0.15) is 0 Å². The van der Waals surface area contributed by atoms with Crippen LogP contribution in [-0.4, -0.2) is 28.9 Å². The Morgan fingerprint density at radius 2 is 2.30 bits per heavy atom. The average molecular weight is 161 g/mol. The smallest absolute Gasteiger partial charge is 0.0516 e. The lowest BCUT2D eigenvalue weighted by molar-refractivity contribution is 0.177. The van der Waals surface area contributed by atoms with Crippen LogP contribution in [0.25, 0.3) is 0 Å². The van der Waals surface area contributed by atoms with Gasteiger partial charge in [-0.1, -0.05) is 13.0 Å². The van der Waals surface area contributed by atoms with Crippen LogP contribution in [0.1, 0.15) is 19.8 Å². The van der Waals surface area contributed by atoms with E-state index < -0.39 is 0 Å². The Kier molecular flexibility index (Phi) is 9.26. The van der Waals surface area contributed by atoms with Crippen LogP contribution in [0.4, 0.5) is 0 Å². The number of nitrogens with two attached hydrogens (primary N) is 1. The number of hydrogen-bond donors (Lipinski definition) is 1. The van der Waals surface area contributed by atoms with Crippen molar-refractivity contribution in [2.75, 3.05) is 19.4 Å². The Labute approximate surface area is 66.0 Å². The van der Waals surface area contributed by atoms with Crippen molar-refractivity contribution >= 4 is 9.52 Å². The molecule has 0 unspecified atom stereocenters. The molecule has 0 aromatic heterocycles. The van der Waals surface area contributed by atoms with Gasteiger partial charge in [0.15, 0.2) is 0 Å². The van der Waals surface area contributed by atoms with E-state index in [2.05, 4.69) is 6.92 Å². The third kappa shape index (κ3) is 8.14. The SMILES string of the molecule is CCCOC[SiH2]CCCN. The van der Waals surface area contributed by atoms with Gasteiger partial charge in [-0.2, -0.15) is 0 Å². The van der Waals surface area contributed by atoms with Gasteiger partial charge >= 0.3 is 0 Å². The quantitative estimate of drug-likeness (QED) is 0.431. The first kappa shape index (κ1) is 10.1. The van der Waals surface area contributed by atoms with E-state index in [9.17, 15) is 0 Å². The fourth-order valence-corrected chi connectivity index (χ4v) is 2.03. The zero-order chi connectivity index (χ0) is 7.66. The van der Waals surface area contributed by atoms with Crippen LogP contribution >= 0.6 is 0 Å². The minimum Gasteiger partial charge on any atom is -0.385 e. The molecule has 62 valence electrons. The Morgan fingerprint density at radius 1 is 1.50 bits per heavy atom. The summed E-state index contributed by atoms with van der Waals surface area (Å²) in [4.78, 5) is 0. The average Bonchev–Trinajstić information content (AvgIpc) is 1.97. The Balaban J connectivity index is 2.65. The van der Waals surface area contributed by atoms with E-state index in [4.69, 9.17) is 10.5 Å². The summed E-state index contributed by atoms with van der Waals surface area (Å²) in [7, 11) is 0.0778. The summed E-state index contributed by atoms with van der Waals surface area (Å²) in [6.45, 7) is 3.93. The Morgan fingerprint density at radius 3 is 2.90 bits per heavy atom. The topological polar surface area (TPSA) is 35.2 Å². The summed E-state index contributed by atoms with van der Waals surface area (Å²) >= 11 is 0. The molecular formula is C7H19NOSi. The van der Waals surface area contributed by atoms with Gasteiger partial charge in [0.2, 0.25) is 0 Å². The van der Waals surface area contributed by atoms with Gasteiger partial charge in [0, 0.05) is 12.8 Å². The molecule has 0 radical (unpaired) electrons.